The third kappa shape index (κ3) is 5.36. The minimum Gasteiger partial charge on any atom is -0.377 e. The molecule has 1 aliphatic rings. The first kappa shape index (κ1) is 14.9. The molecule has 0 saturated carbocycles. The molecule has 3 unspecified atom stereocenters. The molecule has 0 amide bonds. The smallest absolute Gasteiger partial charge is 0.0702 e. The standard InChI is InChI=1S/C14H30N2O/c1-5-12(3)15-10-13(4)16(6-2)11-14-8-7-9-17-14/h12-15H,5-11H2,1-4H3. The number of hydrogen-bond acceptors (Lipinski definition) is 3. The highest BCUT2D eigenvalue weighted by molar-refractivity contribution is 4.76. The van der Waals surface area contributed by atoms with Crippen molar-refractivity contribution in [3.63, 3.8) is 0 Å². The monoisotopic (exact) mass is 242 g/mol. The Morgan fingerprint density at radius 3 is 2.65 bits per heavy atom. The van der Waals surface area contributed by atoms with Gasteiger partial charge in [-0.3, -0.25) is 4.90 Å². The summed E-state index contributed by atoms with van der Waals surface area (Å²) < 4.78 is 5.72. The van der Waals surface area contributed by atoms with Gasteiger partial charge >= 0.3 is 0 Å². The maximum atomic E-state index is 5.72. The van der Waals surface area contributed by atoms with Gasteiger partial charge in [-0.1, -0.05) is 13.8 Å². The van der Waals surface area contributed by atoms with E-state index in [0.29, 0.717) is 18.2 Å². The van der Waals surface area contributed by atoms with Crippen LogP contribution in [0.5, 0.6) is 0 Å². The van der Waals surface area contributed by atoms with Crippen LogP contribution in [0, 0.1) is 0 Å². The Balaban J connectivity index is 2.27. The van der Waals surface area contributed by atoms with Gasteiger partial charge in [-0.2, -0.15) is 0 Å². The van der Waals surface area contributed by atoms with E-state index in [-0.39, 0.29) is 0 Å². The van der Waals surface area contributed by atoms with Crippen LogP contribution in [0.3, 0.4) is 0 Å². The van der Waals surface area contributed by atoms with Crippen LogP contribution in [0.15, 0.2) is 0 Å². The highest BCUT2D eigenvalue weighted by Crippen LogP contribution is 2.14. The van der Waals surface area contributed by atoms with Crippen molar-refractivity contribution in [3.05, 3.63) is 0 Å². The van der Waals surface area contributed by atoms with E-state index in [2.05, 4.69) is 37.9 Å². The van der Waals surface area contributed by atoms with Crippen molar-refractivity contribution in [1.82, 2.24) is 10.2 Å². The zero-order valence-electron chi connectivity index (χ0n) is 12.0. The normalized spacial score (nSPS) is 24.2. The van der Waals surface area contributed by atoms with Crippen molar-refractivity contribution in [3.8, 4) is 0 Å². The van der Waals surface area contributed by atoms with Gasteiger partial charge in [0.2, 0.25) is 0 Å². The Kier molecular flexibility index (Phi) is 7.09. The summed E-state index contributed by atoms with van der Waals surface area (Å²) in [6, 6.07) is 1.22. The fraction of sp³-hybridized carbons (Fsp3) is 1.00. The lowest BCUT2D eigenvalue weighted by Crippen LogP contribution is -2.45. The maximum absolute atomic E-state index is 5.72. The van der Waals surface area contributed by atoms with Gasteiger partial charge in [-0.25, -0.2) is 0 Å². The second kappa shape index (κ2) is 8.06. The Hall–Kier alpha value is -0.120. The van der Waals surface area contributed by atoms with Crippen molar-refractivity contribution in [1.29, 1.82) is 0 Å². The lowest BCUT2D eigenvalue weighted by Gasteiger charge is -2.31. The first-order chi connectivity index (χ1) is 8.17. The molecule has 0 aromatic heterocycles. The summed E-state index contributed by atoms with van der Waals surface area (Å²) in [7, 11) is 0. The molecule has 0 radical (unpaired) electrons. The van der Waals surface area contributed by atoms with Gasteiger partial charge in [0.25, 0.3) is 0 Å². The third-order valence-corrected chi connectivity index (χ3v) is 3.87. The van der Waals surface area contributed by atoms with E-state index < -0.39 is 0 Å². The van der Waals surface area contributed by atoms with Gasteiger partial charge in [-0.15, -0.1) is 0 Å². The second-order valence-corrected chi connectivity index (χ2v) is 5.29. The van der Waals surface area contributed by atoms with Crippen molar-refractivity contribution < 1.29 is 4.74 Å². The molecule has 1 saturated heterocycles. The number of hydrogen-bond donors (Lipinski definition) is 1. The fourth-order valence-electron chi connectivity index (χ4n) is 2.32. The zero-order chi connectivity index (χ0) is 12.7. The molecule has 1 N–H and O–H groups in total. The number of ether oxygens (including phenoxy) is 1. The SMILES string of the molecule is CCC(C)NCC(C)N(CC)CC1CCCO1. The largest absolute Gasteiger partial charge is 0.377 e. The molecule has 1 heterocycles. The third-order valence-electron chi connectivity index (χ3n) is 3.87. The molecule has 1 rings (SSSR count). The zero-order valence-corrected chi connectivity index (χ0v) is 12.0. The summed E-state index contributed by atoms with van der Waals surface area (Å²) in [5.74, 6) is 0. The summed E-state index contributed by atoms with van der Waals surface area (Å²) >= 11 is 0. The van der Waals surface area contributed by atoms with E-state index in [9.17, 15) is 0 Å². The van der Waals surface area contributed by atoms with E-state index in [4.69, 9.17) is 4.74 Å². The lowest BCUT2D eigenvalue weighted by molar-refractivity contribution is 0.0615. The van der Waals surface area contributed by atoms with E-state index in [1.807, 2.05) is 0 Å². The van der Waals surface area contributed by atoms with E-state index >= 15 is 0 Å². The van der Waals surface area contributed by atoms with Crippen LogP contribution in [0.25, 0.3) is 0 Å². The molecule has 3 atom stereocenters. The predicted octanol–water partition coefficient (Wildman–Crippen LogP) is 2.26. The van der Waals surface area contributed by atoms with Crippen molar-refractivity contribution in [2.75, 3.05) is 26.2 Å². The van der Waals surface area contributed by atoms with Crippen LogP contribution in [0.1, 0.15) is 47.0 Å². The molecule has 3 heteroatoms. The molecule has 17 heavy (non-hydrogen) atoms. The van der Waals surface area contributed by atoms with Crippen LogP contribution >= 0.6 is 0 Å². The molecule has 3 nitrogen and oxygen atoms in total. The molecular weight excluding hydrogens is 212 g/mol. The number of nitrogens with zero attached hydrogens (tertiary/aromatic N) is 1. The van der Waals surface area contributed by atoms with Crippen LogP contribution in [-0.2, 0) is 4.74 Å². The fourth-order valence-corrected chi connectivity index (χ4v) is 2.32. The van der Waals surface area contributed by atoms with Gasteiger partial charge in [0, 0.05) is 31.8 Å². The Bertz CT molecular complexity index is 193. The maximum Gasteiger partial charge on any atom is 0.0702 e. The highest BCUT2D eigenvalue weighted by Gasteiger charge is 2.21. The molecule has 1 fully saturated rings. The van der Waals surface area contributed by atoms with Gasteiger partial charge in [0.05, 0.1) is 6.10 Å². The van der Waals surface area contributed by atoms with E-state index in [0.717, 1.165) is 26.2 Å². The Labute approximate surface area is 107 Å². The van der Waals surface area contributed by atoms with Crippen molar-refractivity contribution >= 4 is 0 Å². The average Bonchev–Trinajstić information content (AvgIpc) is 2.85. The molecule has 0 bridgehead atoms. The van der Waals surface area contributed by atoms with Gasteiger partial charge in [0.15, 0.2) is 0 Å². The molecule has 102 valence electrons. The first-order valence-electron chi connectivity index (χ1n) is 7.26. The minimum absolute atomic E-state index is 0.473. The lowest BCUT2D eigenvalue weighted by atomic mass is 10.2. The summed E-state index contributed by atoms with van der Waals surface area (Å²) in [6.07, 6.45) is 4.15. The average molecular weight is 242 g/mol. The molecule has 1 aliphatic heterocycles. The summed E-state index contributed by atoms with van der Waals surface area (Å²) in [5, 5.41) is 3.59. The number of nitrogens with one attached hydrogen (secondary N) is 1. The Morgan fingerprint density at radius 2 is 2.12 bits per heavy atom. The van der Waals surface area contributed by atoms with E-state index in [1.54, 1.807) is 0 Å². The second-order valence-electron chi connectivity index (χ2n) is 5.29. The Morgan fingerprint density at radius 1 is 1.35 bits per heavy atom. The van der Waals surface area contributed by atoms with Gasteiger partial charge in [0.1, 0.15) is 0 Å². The van der Waals surface area contributed by atoms with Gasteiger partial charge in [-0.05, 0) is 39.7 Å². The van der Waals surface area contributed by atoms with Crippen LogP contribution < -0.4 is 5.32 Å². The molecule has 0 aromatic rings. The van der Waals surface area contributed by atoms with Crippen LogP contribution in [0.4, 0.5) is 0 Å². The molecule has 0 spiro atoms. The molecule has 0 aromatic carbocycles. The summed E-state index contributed by atoms with van der Waals surface area (Å²) in [4.78, 5) is 2.53. The quantitative estimate of drug-likeness (QED) is 0.706. The summed E-state index contributed by atoms with van der Waals surface area (Å²) in [5.41, 5.74) is 0. The predicted molar refractivity (Wildman–Crippen MR) is 73.4 cm³/mol. The molecular formula is C14H30N2O. The summed E-state index contributed by atoms with van der Waals surface area (Å²) in [6.45, 7) is 13.3. The molecule has 0 aliphatic carbocycles. The van der Waals surface area contributed by atoms with E-state index in [1.165, 1.54) is 19.3 Å². The van der Waals surface area contributed by atoms with Gasteiger partial charge < -0.3 is 10.1 Å². The number of rotatable bonds is 8. The first-order valence-corrected chi connectivity index (χ1v) is 7.26. The van der Waals surface area contributed by atoms with Crippen molar-refractivity contribution in [2.45, 2.75) is 65.1 Å². The highest BCUT2D eigenvalue weighted by atomic mass is 16.5. The minimum atomic E-state index is 0.473. The van der Waals surface area contributed by atoms with Crippen molar-refractivity contribution in [2.24, 2.45) is 0 Å². The van der Waals surface area contributed by atoms with Crippen LogP contribution in [-0.4, -0.2) is 49.3 Å². The topological polar surface area (TPSA) is 24.5 Å². The number of likely N-dealkylation sites (N-methyl/N-ethyl adjacent to an activating group) is 1. The van der Waals surface area contributed by atoms with Crippen LogP contribution in [0.2, 0.25) is 0 Å².